The molecule has 0 aliphatic heterocycles. The van der Waals surface area contributed by atoms with E-state index >= 15 is 0 Å². The van der Waals surface area contributed by atoms with Crippen LogP contribution >= 0.6 is 11.3 Å². The van der Waals surface area contributed by atoms with Crippen molar-refractivity contribution in [1.82, 2.24) is 24.9 Å². The number of amides is 1. The number of aromatic amines is 1. The van der Waals surface area contributed by atoms with Crippen molar-refractivity contribution < 1.29 is 4.79 Å². The Balaban J connectivity index is 1.59. The normalized spacial score (nSPS) is 14.0. The molecule has 1 saturated carbocycles. The fourth-order valence-corrected chi connectivity index (χ4v) is 4.09. The number of thiophene rings is 1. The Morgan fingerprint density at radius 1 is 1.35 bits per heavy atom. The summed E-state index contributed by atoms with van der Waals surface area (Å²) in [6.45, 7) is 6.72. The molecule has 0 atom stereocenters. The van der Waals surface area contributed by atoms with Crippen molar-refractivity contribution in [3.63, 3.8) is 0 Å². The molecule has 1 N–H and O–H groups in total. The highest BCUT2D eigenvalue weighted by Gasteiger charge is 2.35. The number of hydrogen-bond acceptors (Lipinski definition) is 4. The maximum atomic E-state index is 13.1. The molecule has 0 aromatic carbocycles. The molecule has 6 nitrogen and oxygen atoms in total. The monoisotopic (exact) mass is 369 g/mol. The lowest BCUT2D eigenvalue weighted by Crippen LogP contribution is -2.33. The first-order chi connectivity index (χ1) is 12.4. The number of carbonyl (C=O) groups is 1. The zero-order valence-corrected chi connectivity index (χ0v) is 16.4. The second-order valence-corrected chi connectivity index (χ2v) is 8.30. The van der Waals surface area contributed by atoms with Crippen LogP contribution in [0, 0.1) is 20.8 Å². The molecule has 0 spiro atoms. The maximum Gasteiger partial charge on any atom is 0.274 e. The summed E-state index contributed by atoms with van der Waals surface area (Å²) in [6.07, 6.45) is 2.12. The third kappa shape index (κ3) is 3.07. The minimum atomic E-state index is -0.00840. The van der Waals surface area contributed by atoms with Crippen molar-refractivity contribution in [3.05, 3.63) is 45.7 Å². The van der Waals surface area contributed by atoms with E-state index in [1.807, 2.05) is 29.6 Å². The highest BCUT2D eigenvalue weighted by Crippen LogP contribution is 2.32. The number of hydrogen-bond donors (Lipinski definition) is 1. The van der Waals surface area contributed by atoms with E-state index < -0.39 is 0 Å². The van der Waals surface area contributed by atoms with Gasteiger partial charge in [-0.1, -0.05) is 0 Å². The number of H-pyrrole nitrogens is 1. The maximum absolute atomic E-state index is 13.1. The van der Waals surface area contributed by atoms with Gasteiger partial charge in [-0.05, 0) is 51.8 Å². The summed E-state index contributed by atoms with van der Waals surface area (Å²) in [5.41, 5.74) is 4.61. The lowest BCUT2D eigenvalue weighted by Gasteiger charge is -2.21. The molecule has 1 fully saturated rings. The summed E-state index contributed by atoms with van der Waals surface area (Å²) >= 11 is 1.70. The van der Waals surface area contributed by atoms with Gasteiger partial charge in [0.2, 0.25) is 0 Å². The van der Waals surface area contributed by atoms with Crippen LogP contribution in [0.1, 0.15) is 45.2 Å². The second kappa shape index (κ2) is 6.39. The quantitative estimate of drug-likeness (QED) is 0.747. The molecule has 3 aromatic heterocycles. The minimum Gasteiger partial charge on any atom is -0.330 e. The zero-order chi connectivity index (χ0) is 18.4. The molecule has 1 aliphatic carbocycles. The molecule has 1 aliphatic rings. The van der Waals surface area contributed by atoms with Crippen LogP contribution in [0.5, 0.6) is 0 Å². The van der Waals surface area contributed by atoms with Gasteiger partial charge in [0.15, 0.2) is 5.69 Å². The van der Waals surface area contributed by atoms with E-state index in [9.17, 15) is 4.79 Å². The molecule has 0 unspecified atom stereocenters. The van der Waals surface area contributed by atoms with Crippen LogP contribution in [-0.4, -0.2) is 36.8 Å². The lowest BCUT2D eigenvalue weighted by molar-refractivity contribution is 0.0723. The van der Waals surface area contributed by atoms with E-state index in [1.165, 1.54) is 4.88 Å². The Morgan fingerprint density at radius 2 is 2.12 bits per heavy atom. The largest absolute Gasteiger partial charge is 0.330 e. The summed E-state index contributed by atoms with van der Waals surface area (Å²) in [5, 5.41) is 11.8. The van der Waals surface area contributed by atoms with Gasteiger partial charge in [0.1, 0.15) is 0 Å². The van der Waals surface area contributed by atoms with E-state index in [0.717, 1.165) is 40.4 Å². The molecule has 0 bridgehead atoms. The van der Waals surface area contributed by atoms with E-state index in [0.29, 0.717) is 18.3 Å². The first kappa shape index (κ1) is 17.0. The highest BCUT2D eigenvalue weighted by atomic mass is 32.1. The molecule has 7 heteroatoms. The van der Waals surface area contributed by atoms with Gasteiger partial charge in [-0.15, -0.1) is 11.3 Å². The number of carbonyl (C=O) groups excluding carboxylic acids is 1. The predicted octanol–water partition coefficient (Wildman–Crippen LogP) is 3.60. The summed E-state index contributed by atoms with van der Waals surface area (Å²) in [5.74, 6) is -0.00840. The molecule has 3 heterocycles. The number of aryl methyl sites for hydroxylation is 3. The topological polar surface area (TPSA) is 66.8 Å². The van der Waals surface area contributed by atoms with Crippen LogP contribution in [-0.2, 0) is 13.6 Å². The Labute approximate surface area is 156 Å². The number of nitrogens with zero attached hydrogens (tertiary/aromatic N) is 4. The van der Waals surface area contributed by atoms with E-state index in [-0.39, 0.29) is 5.91 Å². The van der Waals surface area contributed by atoms with Crippen LogP contribution in [0.25, 0.3) is 10.6 Å². The zero-order valence-electron chi connectivity index (χ0n) is 15.5. The molecule has 3 aromatic rings. The van der Waals surface area contributed by atoms with Gasteiger partial charge in [-0.25, -0.2) is 0 Å². The average Bonchev–Trinajstić information content (AvgIpc) is 3.06. The summed E-state index contributed by atoms with van der Waals surface area (Å²) in [4.78, 5) is 17.4. The van der Waals surface area contributed by atoms with Gasteiger partial charge < -0.3 is 4.90 Å². The van der Waals surface area contributed by atoms with Crippen molar-refractivity contribution in [1.29, 1.82) is 0 Å². The Bertz CT molecular complexity index is 963. The van der Waals surface area contributed by atoms with Crippen LogP contribution in [0.15, 0.2) is 18.2 Å². The Kier molecular flexibility index (Phi) is 4.19. The smallest absolute Gasteiger partial charge is 0.274 e. The Morgan fingerprint density at radius 3 is 2.69 bits per heavy atom. The van der Waals surface area contributed by atoms with Crippen LogP contribution < -0.4 is 0 Å². The fraction of sp³-hybridized carbons (Fsp3) is 0.421. The molecule has 4 rings (SSSR count). The summed E-state index contributed by atoms with van der Waals surface area (Å²) in [7, 11) is 1.94. The third-order valence-electron chi connectivity index (χ3n) is 5.04. The highest BCUT2D eigenvalue weighted by molar-refractivity contribution is 7.15. The molecule has 0 radical (unpaired) electrons. The van der Waals surface area contributed by atoms with E-state index in [2.05, 4.69) is 41.3 Å². The second-order valence-electron chi connectivity index (χ2n) is 7.01. The molecular formula is C19H23N5OS. The minimum absolute atomic E-state index is 0.00840. The van der Waals surface area contributed by atoms with Crippen LogP contribution in [0.4, 0.5) is 0 Å². The standard InChI is InChI=1S/C19H23N5OS/c1-11-5-8-18(26-11)16-9-17(21-20-16)19(25)24(14-6-7-14)10-15-12(2)22-23(4)13(15)3/h5,8-9,14H,6-7,10H2,1-4H3,(H,20,21). The fourth-order valence-electron chi connectivity index (χ4n) is 3.25. The molecule has 26 heavy (non-hydrogen) atoms. The lowest BCUT2D eigenvalue weighted by atomic mass is 10.1. The van der Waals surface area contributed by atoms with E-state index in [4.69, 9.17) is 0 Å². The van der Waals surface area contributed by atoms with Gasteiger partial charge in [-0.3, -0.25) is 14.6 Å². The van der Waals surface area contributed by atoms with Crippen molar-refractivity contribution in [2.24, 2.45) is 7.05 Å². The molecule has 136 valence electrons. The first-order valence-electron chi connectivity index (χ1n) is 8.86. The van der Waals surface area contributed by atoms with Gasteiger partial charge >= 0.3 is 0 Å². The summed E-state index contributed by atoms with van der Waals surface area (Å²) < 4.78 is 1.88. The van der Waals surface area contributed by atoms with E-state index in [1.54, 1.807) is 11.3 Å². The summed E-state index contributed by atoms with van der Waals surface area (Å²) in [6, 6.07) is 6.31. The first-order valence-corrected chi connectivity index (χ1v) is 9.68. The molecular weight excluding hydrogens is 346 g/mol. The van der Waals surface area contributed by atoms with Gasteiger partial charge in [-0.2, -0.15) is 10.2 Å². The van der Waals surface area contributed by atoms with Crippen molar-refractivity contribution >= 4 is 17.2 Å². The van der Waals surface area contributed by atoms with Crippen molar-refractivity contribution in [2.45, 2.75) is 46.2 Å². The van der Waals surface area contributed by atoms with Crippen LogP contribution in [0.2, 0.25) is 0 Å². The van der Waals surface area contributed by atoms with Crippen LogP contribution in [0.3, 0.4) is 0 Å². The average molecular weight is 369 g/mol. The SMILES string of the molecule is Cc1ccc(-c2cc(C(=O)N(Cc3c(C)nn(C)c3C)C3CC3)n[nH]2)s1. The Hall–Kier alpha value is -2.41. The number of rotatable bonds is 5. The molecule has 1 amide bonds. The third-order valence-corrected chi connectivity index (χ3v) is 6.07. The number of aromatic nitrogens is 4. The van der Waals surface area contributed by atoms with Gasteiger partial charge in [0.05, 0.1) is 16.3 Å². The molecule has 0 saturated heterocycles. The van der Waals surface area contributed by atoms with Gasteiger partial charge in [0.25, 0.3) is 5.91 Å². The van der Waals surface area contributed by atoms with Gasteiger partial charge in [0, 0.05) is 35.8 Å². The predicted molar refractivity (Wildman–Crippen MR) is 102 cm³/mol. The van der Waals surface area contributed by atoms with Crippen molar-refractivity contribution in [2.75, 3.05) is 0 Å². The number of nitrogens with one attached hydrogen (secondary N) is 1. The van der Waals surface area contributed by atoms with Crippen molar-refractivity contribution in [3.8, 4) is 10.6 Å².